The van der Waals surface area contributed by atoms with Gasteiger partial charge in [0.05, 0.1) is 11.7 Å². The Kier molecular flexibility index (Phi) is 5.07. The van der Waals surface area contributed by atoms with Gasteiger partial charge in [-0.15, -0.1) is 0 Å². The Hall–Kier alpha value is -0.0800. The predicted octanol–water partition coefficient (Wildman–Crippen LogP) is 3.11. The Labute approximate surface area is 94.8 Å². The summed E-state index contributed by atoms with van der Waals surface area (Å²) in [6.07, 6.45) is 6.51. The van der Waals surface area contributed by atoms with Crippen molar-refractivity contribution in [2.24, 2.45) is 0 Å². The molecular formula is C13H27NO. The molecule has 2 heteroatoms. The van der Waals surface area contributed by atoms with Crippen LogP contribution in [-0.4, -0.2) is 24.3 Å². The minimum Gasteiger partial charge on any atom is -0.372 e. The summed E-state index contributed by atoms with van der Waals surface area (Å²) in [5, 5.41) is 3.59. The van der Waals surface area contributed by atoms with E-state index in [-0.39, 0.29) is 5.60 Å². The predicted molar refractivity (Wildman–Crippen MR) is 65.2 cm³/mol. The maximum atomic E-state index is 6.12. The highest BCUT2D eigenvalue weighted by atomic mass is 16.5. The molecule has 15 heavy (non-hydrogen) atoms. The zero-order valence-corrected chi connectivity index (χ0v) is 10.8. The second-order valence-corrected chi connectivity index (χ2v) is 5.32. The van der Waals surface area contributed by atoms with Gasteiger partial charge < -0.3 is 10.1 Å². The number of hydrogen-bond acceptors (Lipinski definition) is 2. The first kappa shape index (κ1) is 13.0. The maximum absolute atomic E-state index is 6.12. The van der Waals surface area contributed by atoms with Crippen molar-refractivity contribution in [3.63, 3.8) is 0 Å². The standard InChI is InChI=1S/C13H27NO/c1-5-9-14-11-7-8-12(10-11)15-13(3,4)6-2/h11-12,14H,5-10H2,1-4H3. The summed E-state index contributed by atoms with van der Waals surface area (Å²) >= 11 is 0. The van der Waals surface area contributed by atoms with Gasteiger partial charge in [0.1, 0.15) is 0 Å². The smallest absolute Gasteiger partial charge is 0.0627 e. The van der Waals surface area contributed by atoms with Crippen LogP contribution in [0.15, 0.2) is 0 Å². The van der Waals surface area contributed by atoms with Gasteiger partial charge in [0.25, 0.3) is 0 Å². The lowest BCUT2D eigenvalue weighted by Crippen LogP contribution is -2.31. The van der Waals surface area contributed by atoms with Crippen LogP contribution >= 0.6 is 0 Å². The van der Waals surface area contributed by atoms with E-state index in [2.05, 4.69) is 33.0 Å². The molecule has 1 fully saturated rings. The van der Waals surface area contributed by atoms with Crippen LogP contribution in [0.25, 0.3) is 0 Å². The van der Waals surface area contributed by atoms with Gasteiger partial charge >= 0.3 is 0 Å². The van der Waals surface area contributed by atoms with Crippen LogP contribution in [0.3, 0.4) is 0 Å². The maximum Gasteiger partial charge on any atom is 0.0627 e. The van der Waals surface area contributed by atoms with E-state index in [9.17, 15) is 0 Å². The van der Waals surface area contributed by atoms with Gasteiger partial charge in [-0.2, -0.15) is 0 Å². The zero-order chi connectivity index (χ0) is 11.3. The normalized spacial score (nSPS) is 27.2. The fourth-order valence-electron chi connectivity index (χ4n) is 2.12. The average molecular weight is 213 g/mol. The first-order valence-corrected chi connectivity index (χ1v) is 6.48. The molecule has 0 heterocycles. The third-order valence-electron chi connectivity index (χ3n) is 3.40. The van der Waals surface area contributed by atoms with Crippen LogP contribution < -0.4 is 5.32 Å². The van der Waals surface area contributed by atoms with Gasteiger partial charge in [-0.25, -0.2) is 0 Å². The Morgan fingerprint density at radius 1 is 1.27 bits per heavy atom. The Morgan fingerprint density at radius 2 is 2.00 bits per heavy atom. The molecule has 0 amide bonds. The Balaban J connectivity index is 2.24. The molecule has 2 nitrogen and oxygen atoms in total. The Morgan fingerprint density at radius 3 is 2.60 bits per heavy atom. The summed E-state index contributed by atoms with van der Waals surface area (Å²) in [4.78, 5) is 0. The van der Waals surface area contributed by atoms with Crippen molar-refractivity contribution in [3.8, 4) is 0 Å². The molecule has 0 spiro atoms. The van der Waals surface area contributed by atoms with Gasteiger partial charge in [0.15, 0.2) is 0 Å². The SMILES string of the molecule is CCCNC1CCC(OC(C)(C)CC)C1. The van der Waals surface area contributed by atoms with Gasteiger partial charge in [0, 0.05) is 6.04 Å². The van der Waals surface area contributed by atoms with Gasteiger partial charge in [-0.1, -0.05) is 13.8 Å². The molecule has 1 rings (SSSR count). The molecule has 0 saturated heterocycles. The van der Waals surface area contributed by atoms with Crippen molar-refractivity contribution < 1.29 is 4.74 Å². The van der Waals surface area contributed by atoms with E-state index in [1.54, 1.807) is 0 Å². The highest BCUT2D eigenvalue weighted by molar-refractivity contribution is 4.83. The van der Waals surface area contributed by atoms with Crippen molar-refractivity contribution in [3.05, 3.63) is 0 Å². The monoisotopic (exact) mass is 213 g/mol. The molecule has 0 aromatic heterocycles. The van der Waals surface area contributed by atoms with Crippen LogP contribution in [0.2, 0.25) is 0 Å². The van der Waals surface area contributed by atoms with Crippen LogP contribution in [0.1, 0.15) is 59.8 Å². The lowest BCUT2D eigenvalue weighted by atomic mass is 10.1. The number of nitrogens with one attached hydrogen (secondary N) is 1. The molecule has 0 radical (unpaired) electrons. The molecule has 1 saturated carbocycles. The molecular weight excluding hydrogens is 186 g/mol. The molecule has 1 aliphatic rings. The van der Waals surface area contributed by atoms with Crippen LogP contribution in [-0.2, 0) is 4.74 Å². The second kappa shape index (κ2) is 5.86. The molecule has 0 bridgehead atoms. The van der Waals surface area contributed by atoms with Crippen LogP contribution in [0.4, 0.5) is 0 Å². The summed E-state index contributed by atoms with van der Waals surface area (Å²) in [6, 6.07) is 0.697. The topological polar surface area (TPSA) is 21.3 Å². The lowest BCUT2D eigenvalue weighted by molar-refractivity contribution is -0.0705. The fraction of sp³-hybridized carbons (Fsp3) is 1.00. The van der Waals surface area contributed by atoms with E-state index in [1.807, 2.05) is 0 Å². The van der Waals surface area contributed by atoms with Gasteiger partial charge in [-0.3, -0.25) is 0 Å². The average Bonchev–Trinajstić information content (AvgIpc) is 2.62. The molecule has 0 aromatic carbocycles. The number of rotatable bonds is 6. The Bertz CT molecular complexity index is 179. The van der Waals surface area contributed by atoms with Crippen molar-refractivity contribution >= 4 is 0 Å². The number of hydrogen-bond donors (Lipinski definition) is 1. The summed E-state index contributed by atoms with van der Waals surface area (Å²) in [7, 11) is 0. The van der Waals surface area contributed by atoms with Crippen LogP contribution in [0, 0.1) is 0 Å². The quantitative estimate of drug-likeness (QED) is 0.732. The second-order valence-electron chi connectivity index (χ2n) is 5.32. The minimum atomic E-state index is 0.0598. The lowest BCUT2D eigenvalue weighted by Gasteiger charge is -2.28. The summed E-state index contributed by atoms with van der Waals surface area (Å²) in [5.41, 5.74) is 0.0598. The third-order valence-corrected chi connectivity index (χ3v) is 3.40. The highest BCUT2D eigenvalue weighted by Gasteiger charge is 2.29. The number of ether oxygens (including phenoxy) is 1. The van der Waals surface area contributed by atoms with E-state index in [0.717, 1.165) is 13.0 Å². The van der Waals surface area contributed by atoms with Crippen molar-refractivity contribution in [2.75, 3.05) is 6.54 Å². The molecule has 2 unspecified atom stereocenters. The van der Waals surface area contributed by atoms with Gasteiger partial charge in [-0.05, 0) is 52.5 Å². The zero-order valence-electron chi connectivity index (χ0n) is 10.8. The van der Waals surface area contributed by atoms with Crippen molar-refractivity contribution in [1.82, 2.24) is 5.32 Å². The molecule has 90 valence electrons. The van der Waals surface area contributed by atoms with E-state index < -0.39 is 0 Å². The van der Waals surface area contributed by atoms with E-state index in [1.165, 1.54) is 25.7 Å². The molecule has 1 aliphatic carbocycles. The summed E-state index contributed by atoms with van der Waals surface area (Å²) in [5.74, 6) is 0. The molecule has 1 N–H and O–H groups in total. The fourth-order valence-corrected chi connectivity index (χ4v) is 2.12. The molecule has 0 aromatic rings. The molecule has 2 atom stereocenters. The van der Waals surface area contributed by atoms with E-state index in [4.69, 9.17) is 4.74 Å². The third kappa shape index (κ3) is 4.52. The van der Waals surface area contributed by atoms with Crippen LogP contribution in [0.5, 0.6) is 0 Å². The van der Waals surface area contributed by atoms with Crippen molar-refractivity contribution in [1.29, 1.82) is 0 Å². The molecule has 0 aliphatic heterocycles. The summed E-state index contributed by atoms with van der Waals surface area (Å²) < 4.78 is 6.12. The largest absolute Gasteiger partial charge is 0.372 e. The first-order chi connectivity index (χ1) is 7.07. The van der Waals surface area contributed by atoms with E-state index in [0.29, 0.717) is 12.1 Å². The minimum absolute atomic E-state index is 0.0598. The van der Waals surface area contributed by atoms with Gasteiger partial charge in [0.2, 0.25) is 0 Å². The first-order valence-electron chi connectivity index (χ1n) is 6.48. The highest BCUT2D eigenvalue weighted by Crippen LogP contribution is 2.27. The summed E-state index contributed by atoms with van der Waals surface area (Å²) in [6.45, 7) is 9.95. The van der Waals surface area contributed by atoms with E-state index >= 15 is 0 Å². The van der Waals surface area contributed by atoms with Crippen molar-refractivity contribution in [2.45, 2.75) is 77.5 Å².